The van der Waals surface area contributed by atoms with Crippen molar-refractivity contribution >= 4 is 22.6 Å². The Hall–Kier alpha value is -2.07. The van der Waals surface area contributed by atoms with Gasteiger partial charge in [0, 0.05) is 11.2 Å². The second-order valence-electron chi connectivity index (χ2n) is 4.00. The van der Waals surface area contributed by atoms with Crippen LogP contribution >= 0.6 is 11.6 Å². The van der Waals surface area contributed by atoms with Crippen LogP contribution in [0.4, 0.5) is 0 Å². The topological polar surface area (TPSA) is 50.7 Å². The third-order valence-corrected chi connectivity index (χ3v) is 3.23. The summed E-state index contributed by atoms with van der Waals surface area (Å²) >= 11 is 6.12. The lowest BCUT2D eigenvalue weighted by Crippen LogP contribution is -2.07. The van der Waals surface area contributed by atoms with Crippen molar-refractivity contribution < 1.29 is 0 Å². The molecular formula is C13H10ClN3O. The Morgan fingerprint density at radius 2 is 2.11 bits per heavy atom. The van der Waals surface area contributed by atoms with Crippen molar-refractivity contribution in [3.8, 4) is 0 Å². The van der Waals surface area contributed by atoms with Crippen LogP contribution in [0.5, 0.6) is 0 Å². The first kappa shape index (κ1) is 11.0. The Morgan fingerprint density at radius 3 is 2.94 bits per heavy atom. The number of aromatic nitrogens is 3. The Balaban J connectivity index is 2.09. The molecule has 0 spiro atoms. The molecule has 0 saturated carbocycles. The van der Waals surface area contributed by atoms with Gasteiger partial charge in [-0.15, -0.1) is 0 Å². The van der Waals surface area contributed by atoms with Gasteiger partial charge in [0.2, 0.25) is 0 Å². The predicted molar refractivity (Wildman–Crippen MR) is 70.9 cm³/mol. The standard InChI is InChI=1S/C13H10ClN3O/c14-11-4-2-1-3-9(11)7-17-6-5-10-12(17)15-8-16-13(10)18/h1-6,8H,7H2,(H,15,16,18). The quantitative estimate of drug-likeness (QED) is 0.768. The number of benzene rings is 1. The van der Waals surface area contributed by atoms with Crippen LogP contribution in [0, 0.1) is 0 Å². The van der Waals surface area contributed by atoms with E-state index in [0.29, 0.717) is 22.6 Å². The SMILES string of the molecule is O=c1[nH]cnc2c1ccn2Cc1ccccc1Cl. The van der Waals surface area contributed by atoms with Gasteiger partial charge in [-0.25, -0.2) is 4.98 Å². The molecule has 18 heavy (non-hydrogen) atoms. The monoisotopic (exact) mass is 259 g/mol. The van der Waals surface area contributed by atoms with E-state index in [1.54, 1.807) is 6.07 Å². The third-order valence-electron chi connectivity index (χ3n) is 2.86. The largest absolute Gasteiger partial charge is 0.328 e. The van der Waals surface area contributed by atoms with Crippen LogP contribution in [-0.4, -0.2) is 14.5 Å². The molecule has 1 aromatic carbocycles. The van der Waals surface area contributed by atoms with Crippen LogP contribution < -0.4 is 5.56 Å². The van der Waals surface area contributed by atoms with Gasteiger partial charge in [0.15, 0.2) is 0 Å². The van der Waals surface area contributed by atoms with Crippen molar-refractivity contribution in [2.45, 2.75) is 6.54 Å². The van der Waals surface area contributed by atoms with Gasteiger partial charge >= 0.3 is 0 Å². The Morgan fingerprint density at radius 1 is 1.28 bits per heavy atom. The summed E-state index contributed by atoms with van der Waals surface area (Å²) in [5, 5.41) is 1.30. The van der Waals surface area contributed by atoms with Crippen LogP contribution in [0.1, 0.15) is 5.56 Å². The highest BCUT2D eigenvalue weighted by molar-refractivity contribution is 6.31. The summed E-state index contributed by atoms with van der Waals surface area (Å²) in [5.74, 6) is 0. The molecule has 1 N–H and O–H groups in total. The molecule has 0 saturated heterocycles. The second kappa shape index (κ2) is 4.31. The molecule has 90 valence electrons. The highest BCUT2D eigenvalue weighted by Gasteiger charge is 2.07. The summed E-state index contributed by atoms with van der Waals surface area (Å²) in [7, 11) is 0. The molecule has 2 heterocycles. The molecule has 3 rings (SSSR count). The fourth-order valence-corrected chi connectivity index (χ4v) is 2.15. The Kier molecular flexibility index (Phi) is 2.64. The second-order valence-corrected chi connectivity index (χ2v) is 4.41. The van der Waals surface area contributed by atoms with Crippen molar-refractivity contribution in [3.05, 3.63) is 63.8 Å². The average Bonchev–Trinajstić information content (AvgIpc) is 2.77. The van der Waals surface area contributed by atoms with E-state index in [1.165, 1.54) is 6.33 Å². The molecule has 0 bridgehead atoms. The lowest BCUT2D eigenvalue weighted by atomic mass is 10.2. The normalized spacial score (nSPS) is 10.9. The summed E-state index contributed by atoms with van der Waals surface area (Å²) in [6.45, 7) is 0.597. The van der Waals surface area contributed by atoms with Crippen molar-refractivity contribution in [3.63, 3.8) is 0 Å². The van der Waals surface area contributed by atoms with E-state index in [-0.39, 0.29) is 5.56 Å². The van der Waals surface area contributed by atoms with E-state index >= 15 is 0 Å². The first-order valence-corrected chi connectivity index (χ1v) is 5.89. The first-order chi connectivity index (χ1) is 8.75. The Labute approximate surface area is 108 Å². The molecule has 0 aliphatic carbocycles. The molecule has 3 aromatic rings. The fourth-order valence-electron chi connectivity index (χ4n) is 1.95. The van der Waals surface area contributed by atoms with Crippen molar-refractivity contribution in [1.29, 1.82) is 0 Å². The third kappa shape index (κ3) is 1.80. The molecule has 0 amide bonds. The van der Waals surface area contributed by atoms with Gasteiger partial charge in [-0.05, 0) is 17.7 Å². The summed E-state index contributed by atoms with van der Waals surface area (Å²) in [6, 6.07) is 9.40. The lowest BCUT2D eigenvalue weighted by molar-refractivity contribution is 0.823. The molecule has 4 nitrogen and oxygen atoms in total. The van der Waals surface area contributed by atoms with Gasteiger partial charge in [0.1, 0.15) is 5.65 Å². The zero-order chi connectivity index (χ0) is 12.5. The van der Waals surface area contributed by atoms with E-state index in [1.807, 2.05) is 35.0 Å². The van der Waals surface area contributed by atoms with E-state index in [4.69, 9.17) is 11.6 Å². The number of aromatic amines is 1. The minimum Gasteiger partial charge on any atom is -0.328 e. The number of hydrogen-bond donors (Lipinski definition) is 1. The van der Waals surface area contributed by atoms with Crippen LogP contribution in [0.25, 0.3) is 11.0 Å². The smallest absolute Gasteiger partial charge is 0.260 e. The predicted octanol–water partition coefficient (Wildman–Crippen LogP) is 2.43. The highest BCUT2D eigenvalue weighted by Crippen LogP contribution is 2.18. The Bertz CT molecular complexity index is 760. The minimum absolute atomic E-state index is 0.127. The maximum absolute atomic E-state index is 11.6. The molecular weight excluding hydrogens is 250 g/mol. The van der Waals surface area contributed by atoms with Crippen LogP contribution in [0.2, 0.25) is 5.02 Å². The number of rotatable bonds is 2. The van der Waals surface area contributed by atoms with Gasteiger partial charge in [-0.1, -0.05) is 29.8 Å². The van der Waals surface area contributed by atoms with Crippen LogP contribution in [-0.2, 0) is 6.54 Å². The fraction of sp³-hybridized carbons (Fsp3) is 0.0769. The maximum Gasteiger partial charge on any atom is 0.260 e. The number of hydrogen-bond acceptors (Lipinski definition) is 2. The molecule has 2 aromatic heterocycles. The number of nitrogens with zero attached hydrogens (tertiary/aromatic N) is 2. The molecule has 0 aliphatic heterocycles. The summed E-state index contributed by atoms with van der Waals surface area (Å²) in [6.07, 6.45) is 3.25. The molecule has 0 fully saturated rings. The van der Waals surface area contributed by atoms with E-state index in [2.05, 4.69) is 9.97 Å². The molecule has 0 radical (unpaired) electrons. The minimum atomic E-state index is -0.127. The molecule has 0 atom stereocenters. The van der Waals surface area contributed by atoms with Gasteiger partial charge < -0.3 is 9.55 Å². The summed E-state index contributed by atoms with van der Waals surface area (Å²) in [4.78, 5) is 18.3. The zero-order valence-electron chi connectivity index (χ0n) is 9.43. The van der Waals surface area contributed by atoms with Crippen LogP contribution in [0.3, 0.4) is 0 Å². The van der Waals surface area contributed by atoms with Crippen molar-refractivity contribution in [2.24, 2.45) is 0 Å². The highest BCUT2D eigenvalue weighted by atomic mass is 35.5. The summed E-state index contributed by atoms with van der Waals surface area (Å²) in [5.41, 5.74) is 1.54. The average molecular weight is 260 g/mol. The lowest BCUT2D eigenvalue weighted by Gasteiger charge is -2.06. The van der Waals surface area contributed by atoms with Gasteiger partial charge in [0.25, 0.3) is 5.56 Å². The summed E-state index contributed by atoms with van der Waals surface area (Å²) < 4.78 is 1.91. The first-order valence-electron chi connectivity index (χ1n) is 5.51. The zero-order valence-corrected chi connectivity index (χ0v) is 10.2. The van der Waals surface area contributed by atoms with E-state index in [9.17, 15) is 4.79 Å². The number of halogens is 1. The van der Waals surface area contributed by atoms with Crippen molar-refractivity contribution in [1.82, 2.24) is 14.5 Å². The van der Waals surface area contributed by atoms with E-state index in [0.717, 1.165) is 5.56 Å². The molecule has 5 heteroatoms. The molecule has 0 unspecified atom stereocenters. The van der Waals surface area contributed by atoms with E-state index < -0.39 is 0 Å². The van der Waals surface area contributed by atoms with Gasteiger partial charge in [0.05, 0.1) is 18.3 Å². The van der Waals surface area contributed by atoms with Crippen LogP contribution in [0.15, 0.2) is 47.7 Å². The number of fused-ring (bicyclic) bond motifs is 1. The molecule has 0 aliphatic rings. The number of H-pyrrole nitrogens is 1. The van der Waals surface area contributed by atoms with Gasteiger partial charge in [-0.3, -0.25) is 4.79 Å². The maximum atomic E-state index is 11.6. The van der Waals surface area contributed by atoms with Gasteiger partial charge in [-0.2, -0.15) is 0 Å². The number of nitrogens with one attached hydrogen (secondary N) is 1. The van der Waals surface area contributed by atoms with Crippen molar-refractivity contribution in [2.75, 3.05) is 0 Å².